The van der Waals surface area contributed by atoms with Crippen molar-refractivity contribution in [2.45, 2.75) is 125 Å². The zero-order chi connectivity index (χ0) is 36.6. The van der Waals surface area contributed by atoms with E-state index in [0.717, 1.165) is 11.1 Å². The fraction of sp³-hybridized carbons (Fsp3) is 0.634. The molecule has 0 N–H and O–H groups in total. The van der Waals surface area contributed by atoms with E-state index >= 15 is 0 Å². The lowest BCUT2D eigenvalue weighted by Crippen LogP contribution is -2.58. The largest absolute Gasteiger partial charge is 0.469 e. The lowest BCUT2D eigenvalue weighted by Gasteiger charge is -2.59. The van der Waals surface area contributed by atoms with E-state index in [9.17, 15) is 14.4 Å². The van der Waals surface area contributed by atoms with Gasteiger partial charge in [0.2, 0.25) is 0 Å². The monoisotopic (exact) mass is 728 g/mol. The molecule has 268 valence electrons. The lowest BCUT2D eigenvalue weighted by molar-refractivity contribution is -0.182. The number of hydrogen-bond donors (Lipinski definition) is 0. The summed E-state index contributed by atoms with van der Waals surface area (Å²) >= 11 is 3.96. The molecule has 7 heteroatoms. The minimum absolute atomic E-state index is 0.178. The number of alkyl halides is 1. The molecule has 0 radical (unpaired) electrons. The number of carbonyl (C=O) groups is 3. The third-order valence-corrected chi connectivity index (χ3v) is 13.7. The van der Waals surface area contributed by atoms with Gasteiger partial charge >= 0.3 is 17.9 Å². The first-order valence-electron chi connectivity index (χ1n) is 17.5. The van der Waals surface area contributed by atoms with Crippen LogP contribution >= 0.6 is 15.9 Å². The van der Waals surface area contributed by atoms with E-state index in [4.69, 9.17) is 14.2 Å². The summed E-state index contributed by atoms with van der Waals surface area (Å²) in [6.45, 7) is 23.1. The van der Waals surface area contributed by atoms with E-state index in [1.807, 2.05) is 88.4 Å². The van der Waals surface area contributed by atoms with Gasteiger partial charge in [0.15, 0.2) is 0 Å². The predicted molar refractivity (Wildman–Crippen MR) is 198 cm³/mol. The van der Waals surface area contributed by atoms with Crippen LogP contribution in [-0.2, 0) is 35.2 Å². The van der Waals surface area contributed by atoms with E-state index in [1.54, 1.807) is 0 Å². The molecule has 0 aliphatic carbocycles. The number of carbonyl (C=O) groups excluding carboxylic acids is 3. The average Bonchev–Trinajstić information content (AvgIpc) is 3.06. The van der Waals surface area contributed by atoms with Crippen molar-refractivity contribution >= 4 is 33.8 Å². The second-order valence-electron chi connectivity index (χ2n) is 15.3. The first-order chi connectivity index (χ1) is 22.3. The van der Waals surface area contributed by atoms with Crippen LogP contribution in [0, 0.1) is 27.1 Å². The Hall–Kier alpha value is -2.67. The first-order valence-corrected chi connectivity index (χ1v) is 18.3. The Morgan fingerprint density at radius 2 is 1.23 bits per heavy atom. The van der Waals surface area contributed by atoms with Gasteiger partial charge in [-0.2, -0.15) is 0 Å². The summed E-state index contributed by atoms with van der Waals surface area (Å²) in [5, 5.41) is 0. The zero-order valence-corrected chi connectivity index (χ0v) is 33.2. The molecule has 6 atom stereocenters. The van der Waals surface area contributed by atoms with Crippen LogP contribution in [0.5, 0.6) is 0 Å². The van der Waals surface area contributed by atoms with Gasteiger partial charge in [-0.25, -0.2) is 0 Å². The third-order valence-electron chi connectivity index (χ3n) is 12.2. The Kier molecular flexibility index (Phi) is 14.1. The quantitative estimate of drug-likeness (QED) is 0.0864. The fourth-order valence-electron chi connectivity index (χ4n) is 8.09. The maximum absolute atomic E-state index is 14.3. The lowest BCUT2D eigenvalue weighted by atomic mass is 9.45. The Morgan fingerprint density at radius 1 is 0.688 bits per heavy atom. The molecule has 0 heterocycles. The summed E-state index contributed by atoms with van der Waals surface area (Å²) in [7, 11) is 1.44. The van der Waals surface area contributed by atoms with E-state index in [2.05, 4.69) is 64.4 Å². The number of halogens is 1. The van der Waals surface area contributed by atoms with Crippen LogP contribution in [0.1, 0.15) is 125 Å². The highest BCUT2D eigenvalue weighted by atomic mass is 79.9. The van der Waals surface area contributed by atoms with Gasteiger partial charge in [0, 0.05) is 4.32 Å². The Morgan fingerprint density at radius 3 is 1.69 bits per heavy atom. The summed E-state index contributed by atoms with van der Waals surface area (Å²) in [6, 6.07) is 19.4. The van der Waals surface area contributed by atoms with Gasteiger partial charge in [0.05, 0.1) is 30.5 Å². The maximum Gasteiger partial charge on any atom is 0.313 e. The van der Waals surface area contributed by atoms with Crippen LogP contribution in [0.4, 0.5) is 0 Å². The van der Waals surface area contributed by atoms with E-state index < -0.39 is 37.3 Å². The molecular formula is C41H61BrO6. The van der Waals surface area contributed by atoms with Gasteiger partial charge in [-0.05, 0) is 87.2 Å². The van der Waals surface area contributed by atoms with Gasteiger partial charge in [0.1, 0.15) is 6.61 Å². The molecule has 0 fully saturated rings. The number of hydrogen-bond acceptors (Lipinski definition) is 6. The van der Waals surface area contributed by atoms with Crippen LogP contribution < -0.4 is 0 Å². The van der Waals surface area contributed by atoms with Crippen molar-refractivity contribution < 1.29 is 28.6 Å². The minimum Gasteiger partial charge on any atom is -0.469 e. The summed E-state index contributed by atoms with van der Waals surface area (Å²) in [5.74, 6) is -1.52. The minimum atomic E-state index is -1.06. The molecule has 48 heavy (non-hydrogen) atoms. The maximum atomic E-state index is 14.3. The zero-order valence-electron chi connectivity index (χ0n) is 31.6. The van der Waals surface area contributed by atoms with E-state index in [-0.39, 0.29) is 31.1 Å². The van der Waals surface area contributed by atoms with Crippen LogP contribution in [-0.4, -0.2) is 35.9 Å². The molecule has 2 aromatic carbocycles. The normalized spacial score (nSPS) is 18.9. The van der Waals surface area contributed by atoms with Crippen molar-refractivity contribution in [3.63, 3.8) is 0 Å². The van der Waals surface area contributed by atoms with Gasteiger partial charge < -0.3 is 14.2 Å². The summed E-state index contributed by atoms with van der Waals surface area (Å²) < 4.78 is 16.8. The molecule has 2 aromatic rings. The van der Waals surface area contributed by atoms with Gasteiger partial charge in [-0.1, -0.05) is 125 Å². The van der Waals surface area contributed by atoms with Crippen LogP contribution in [0.3, 0.4) is 0 Å². The highest BCUT2D eigenvalue weighted by molar-refractivity contribution is 9.10. The van der Waals surface area contributed by atoms with Gasteiger partial charge in [0.25, 0.3) is 0 Å². The molecular weight excluding hydrogens is 668 g/mol. The Bertz CT molecular complexity index is 1360. The number of esters is 3. The average molecular weight is 730 g/mol. The molecule has 0 aliphatic heterocycles. The van der Waals surface area contributed by atoms with E-state index in [0.29, 0.717) is 32.1 Å². The van der Waals surface area contributed by atoms with Crippen molar-refractivity contribution in [1.29, 1.82) is 0 Å². The van der Waals surface area contributed by atoms with Crippen LogP contribution in [0.2, 0.25) is 0 Å². The van der Waals surface area contributed by atoms with Gasteiger partial charge in [-0.15, -0.1) is 0 Å². The smallest absolute Gasteiger partial charge is 0.313 e. The highest BCUT2D eigenvalue weighted by Gasteiger charge is 2.63. The molecule has 0 saturated heterocycles. The molecule has 0 amide bonds. The van der Waals surface area contributed by atoms with Crippen molar-refractivity contribution in [3.8, 4) is 0 Å². The number of benzene rings is 2. The SMILES string of the molecule is CCOC(=O)C(c1ccccc1)C(C)(CC)CC(C)(C(=O)OC)C(C)(CC)C(C)(C)CC(C)(C(=O)OCc1ccccc1)C(C)(Br)CC. The van der Waals surface area contributed by atoms with Gasteiger partial charge in [-0.3, -0.25) is 14.4 Å². The fourth-order valence-corrected chi connectivity index (χ4v) is 8.39. The Labute approximate surface area is 299 Å². The van der Waals surface area contributed by atoms with Crippen molar-refractivity contribution in [3.05, 3.63) is 71.8 Å². The predicted octanol–water partition coefficient (Wildman–Crippen LogP) is 10.5. The molecule has 2 rings (SSSR count). The summed E-state index contributed by atoms with van der Waals surface area (Å²) in [6.07, 6.45) is 2.73. The van der Waals surface area contributed by atoms with Crippen molar-refractivity contribution in [1.82, 2.24) is 0 Å². The number of ether oxygens (including phenoxy) is 3. The second kappa shape index (κ2) is 16.4. The van der Waals surface area contributed by atoms with Crippen LogP contribution in [0.25, 0.3) is 0 Å². The van der Waals surface area contributed by atoms with Crippen LogP contribution in [0.15, 0.2) is 60.7 Å². The number of rotatable bonds is 18. The molecule has 0 spiro atoms. The van der Waals surface area contributed by atoms with E-state index in [1.165, 1.54) is 7.11 Å². The Balaban J connectivity index is 2.73. The molecule has 0 aliphatic rings. The molecule has 6 unspecified atom stereocenters. The number of methoxy groups -OCH3 is 1. The molecule has 6 nitrogen and oxygen atoms in total. The summed E-state index contributed by atoms with van der Waals surface area (Å²) in [4.78, 5) is 42.3. The van der Waals surface area contributed by atoms with Crippen molar-refractivity contribution in [2.24, 2.45) is 27.1 Å². The summed E-state index contributed by atoms with van der Waals surface area (Å²) in [5.41, 5.74) is -2.21. The first kappa shape index (κ1) is 41.5. The molecule has 0 bridgehead atoms. The molecule has 0 aromatic heterocycles. The highest BCUT2D eigenvalue weighted by Crippen LogP contribution is 2.64. The van der Waals surface area contributed by atoms with Crippen molar-refractivity contribution in [2.75, 3.05) is 13.7 Å². The molecule has 0 saturated carbocycles. The standard InChI is InChI=1S/C41H61BrO6/c1-13-37(7,32(33(43)47-16-4)31-25-21-18-22-26-31)29-38(8,34(44)46-12)40(10,14-2)36(5,6)28-39(9,41(11,42)15-3)35(45)48-27-30-23-19-17-20-24-30/h17-26,32H,13-16,27-29H2,1-12H3. The topological polar surface area (TPSA) is 78.9 Å². The third kappa shape index (κ3) is 8.20. The second-order valence-corrected chi connectivity index (χ2v) is 17.0.